The van der Waals surface area contributed by atoms with Crippen molar-refractivity contribution >= 4 is 11.8 Å². The number of rotatable bonds is 9. The number of benzene rings is 2. The number of hydrogen-bond acceptors (Lipinski definition) is 4. The van der Waals surface area contributed by atoms with Crippen LogP contribution in [0.5, 0.6) is 11.5 Å². The van der Waals surface area contributed by atoms with Gasteiger partial charge in [-0.25, -0.2) is 0 Å². The second-order valence-corrected chi connectivity index (χ2v) is 5.72. The minimum Gasteiger partial charge on any atom is -0.497 e. The highest BCUT2D eigenvalue weighted by Gasteiger charge is 2.10. The molecule has 0 saturated heterocycles. The van der Waals surface area contributed by atoms with E-state index in [1.807, 2.05) is 48.5 Å². The van der Waals surface area contributed by atoms with Crippen LogP contribution in [0.3, 0.4) is 0 Å². The molecule has 0 aliphatic carbocycles. The van der Waals surface area contributed by atoms with Gasteiger partial charge < -0.3 is 20.1 Å². The van der Waals surface area contributed by atoms with Gasteiger partial charge in [-0.2, -0.15) is 0 Å². The van der Waals surface area contributed by atoms with E-state index in [1.54, 1.807) is 14.2 Å². The van der Waals surface area contributed by atoms with Crippen molar-refractivity contribution < 1.29 is 19.1 Å². The van der Waals surface area contributed by atoms with E-state index in [0.717, 1.165) is 16.9 Å². The van der Waals surface area contributed by atoms with Gasteiger partial charge in [0.25, 0.3) is 0 Å². The van der Waals surface area contributed by atoms with Crippen molar-refractivity contribution in [2.45, 2.75) is 19.4 Å². The van der Waals surface area contributed by atoms with E-state index in [4.69, 9.17) is 9.47 Å². The van der Waals surface area contributed by atoms with Gasteiger partial charge >= 0.3 is 0 Å². The Labute approximate surface area is 153 Å². The molecular formula is C20H24N2O4. The molecule has 0 radical (unpaired) electrons. The Morgan fingerprint density at radius 1 is 0.923 bits per heavy atom. The summed E-state index contributed by atoms with van der Waals surface area (Å²) in [5, 5.41) is 5.49. The van der Waals surface area contributed by atoms with Gasteiger partial charge in [0.15, 0.2) is 0 Å². The lowest BCUT2D eigenvalue weighted by atomic mass is 10.1. The van der Waals surface area contributed by atoms with E-state index in [-0.39, 0.29) is 18.2 Å². The zero-order valence-electron chi connectivity index (χ0n) is 15.1. The van der Waals surface area contributed by atoms with Crippen LogP contribution in [-0.2, 0) is 22.6 Å². The number of amides is 2. The molecule has 6 heteroatoms. The normalized spacial score (nSPS) is 10.1. The fraction of sp³-hybridized carbons (Fsp3) is 0.300. The number of carbonyl (C=O) groups excluding carboxylic acids is 2. The molecule has 0 saturated carbocycles. The summed E-state index contributed by atoms with van der Waals surface area (Å²) in [6.45, 7) is 0.783. The number of hydrogen-bond donors (Lipinski definition) is 2. The van der Waals surface area contributed by atoms with Crippen LogP contribution < -0.4 is 20.1 Å². The third-order valence-corrected chi connectivity index (χ3v) is 3.86. The van der Waals surface area contributed by atoms with E-state index >= 15 is 0 Å². The molecule has 0 bridgehead atoms. The zero-order chi connectivity index (χ0) is 18.8. The highest BCUT2D eigenvalue weighted by molar-refractivity contribution is 5.96. The van der Waals surface area contributed by atoms with Gasteiger partial charge in [0.1, 0.15) is 17.9 Å². The molecule has 138 valence electrons. The average Bonchev–Trinajstić information content (AvgIpc) is 2.66. The standard InChI is InChI=1S/C20H24N2O4/c1-25-17-8-5-6-15(12-17)10-11-21-19(23)13-20(24)22-14-16-7-3-4-9-18(16)26-2/h3-9,12H,10-11,13-14H2,1-2H3,(H,21,23)(H,22,24). The largest absolute Gasteiger partial charge is 0.497 e. The van der Waals surface area contributed by atoms with Crippen LogP contribution in [0, 0.1) is 0 Å². The molecule has 2 N–H and O–H groups in total. The Kier molecular flexibility index (Phi) is 7.49. The van der Waals surface area contributed by atoms with Crippen LogP contribution in [-0.4, -0.2) is 32.6 Å². The SMILES string of the molecule is COc1cccc(CCNC(=O)CC(=O)NCc2ccccc2OC)c1. The van der Waals surface area contributed by atoms with Crippen LogP contribution in [0.1, 0.15) is 17.5 Å². The fourth-order valence-electron chi connectivity index (χ4n) is 2.49. The number of methoxy groups -OCH3 is 2. The summed E-state index contributed by atoms with van der Waals surface area (Å²) in [7, 11) is 3.20. The second kappa shape index (κ2) is 10.1. The lowest BCUT2D eigenvalue weighted by Gasteiger charge is -2.10. The molecule has 0 aromatic heterocycles. The Morgan fingerprint density at radius 3 is 2.46 bits per heavy atom. The maximum absolute atomic E-state index is 11.9. The molecule has 0 fully saturated rings. The average molecular weight is 356 g/mol. The topological polar surface area (TPSA) is 76.7 Å². The van der Waals surface area contributed by atoms with Crippen molar-refractivity contribution in [3.63, 3.8) is 0 Å². The monoisotopic (exact) mass is 356 g/mol. The maximum Gasteiger partial charge on any atom is 0.229 e. The first-order valence-corrected chi connectivity index (χ1v) is 8.40. The molecule has 0 atom stereocenters. The minimum atomic E-state index is -0.324. The smallest absolute Gasteiger partial charge is 0.229 e. The summed E-state index contributed by atoms with van der Waals surface area (Å²) in [6.07, 6.45) is 0.471. The molecule has 2 rings (SSSR count). The van der Waals surface area contributed by atoms with Crippen LogP contribution in [0.4, 0.5) is 0 Å². The molecule has 0 spiro atoms. The predicted octanol–water partition coefficient (Wildman–Crippen LogP) is 2.07. The first-order valence-electron chi connectivity index (χ1n) is 8.40. The molecule has 2 aromatic carbocycles. The van der Waals surface area contributed by atoms with Crippen LogP contribution in [0.2, 0.25) is 0 Å². The van der Waals surface area contributed by atoms with Gasteiger partial charge in [-0.3, -0.25) is 9.59 Å². The molecule has 6 nitrogen and oxygen atoms in total. The third kappa shape index (κ3) is 6.12. The molecule has 0 aliphatic heterocycles. The number of carbonyl (C=O) groups is 2. The minimum absolute atomic E-state index is 0.201. The van der Waals surface area contributed by atoms with E-state index in [0.29, 0.717) is 25.3 Å². The lowest BCUT2D eigenvalue weighted by Crippen LogP contribution is -2.32. The van der Waals surface area contributed by atoms with Gasteiger partial charge in [0.2, 0.25) is 11.8 Å². The summed E-state index contributed by atoms with van der Waals surface area (Å²) in [5.74, 6) is 0.861. The van der Waals surface area contributed by atoms with Gasteiger partial charge in [-0.15, -0.1) is 0 Å². The third-order valence-electron chi connectivity index (χ3n) is 3.86. The van der Waals surface area contributed by atoms with Crippen molar-refractivity contribution in [1.29, 1.82) is 0 Å². The molecule has 2 amide bonds. The molecule has 0 unspecified atom stereocenters. The Morgan fingerprint density at radius 2 is 1.69 bits per heavy atom. The van der Waals surface area contributed by atoms with Gasteiger partial charge in [0, 0.05) is 18.7 Å². The van der Waals surface area contributed by atoms with Gasteiger partial charge in [-0.1, -0.05) is 30.3 Å². The summed E-state index contributed by atoms with van der Waals surface area (Å²) in [4.78, 5) is 23.8. The predicted molar refractivity (Wildman–Crippen MR) is 99.2 cm³/mol. The van der Waals surface area contributed by atoms with Gasteiger partial charge in [-0.05, 0) is 30.2 Å². The molecule has 0 heterocycles. The van der Waals surface area contributed by atoms with Crippen LogP contribution in [0.25, 0.3) is 0 Å². The summed E-state index contributed by atoms with van der Waals surface area (Å²) < 4.78 is 10.4. The number of para-hydroxylation sites is 1. The van der Waals surface area contributed by atoms with Crippen molar-refractivity contribution in [3.05, 3.63) is 59.7 Å². The Hall–Kier alpha value is -3.02. The number of nitrogens with one attached hydrogen (secondary N) is 2. The van der Waals surface area contributed by atoms with E-state index in [1.165, 1.54) is 0 Å². The maximum atomic E-state index is 11.9. The van der Waals surface area contributed by atoms with Gasteiger partial charge in [0.05, 0.1) is 14.2 Å². The molecule has 26 heavy (non-hydrogen) atoms. The Balaban J connectivity index is 1.70. The molecule has 0 aliphatic rings. The van der Waals surface area contributed by atoms with Crippen molar-refractivity contribution in [1.82, 2.24) is 10.6 Å². The first-order chi connectivity index (χ1) is 12.6. The first kappa shape index (κ1) is 19.3. The fourth-order valence-corrected chi connectivity index (χ4v) is 2.49. The molecular weight excluding hydrogens is 332 g/mol. The van der Waals surface area contributed by atoms with Crippen molar-refractivity contribution in [2.24, 2.45) is 0 Å². The van der Waals surface area contributed by atoms with E-state index in [2.05, 4.69) is 10.6 Å². The summed E-state index contributed by atoms with van der Waals surface area (Å²) >= 11 is 0. The van der Waals surface area contributed by atoms with Crippen LogP contribution in [0.15, 0.2) is 48.5 Å². The zero-order valence-corrected chi connectivity index (χ0v) is 15.1. The number of ether oxygens (including phenoxy) is 2. The van der Waals surface area contributed by atoms with Crippen molar-refractivity contribution in [2.75, 3.05) is 20.8 Å². The lowest BCUT2D eigenvalue weighted by molar-refractivity contribution is -0.129. The second-order valence-electron chi connectivity index (χ2n) is 5.72. The van der Waals surface area contributed by atoms with Crippen LogP contribution >= 0.6 is 0 Å². The van der Waals surface area contributed by atoms with E-state index in [9.17, 15) is 9.59 Å². The van der Waals surface area contributed by atoms with Crippen molar-refractivity contribution in [3.8, 4) is 11.5 Å². The highest BCUT2D eigenvalue weighted by Crippen LogP contribution is 2.16. The summed E-state index contributed by atoms with van der Waals surface area (Å²) in [6, 6.07) is 15.1. The summed E-state index contributed by atoms with van der Waals surface area (Å²) in [5.41, 5.74) is 1.92. The Bertz CT molecular complexity index is 746. The molecule has 2 aromatic rings. The quantitative estimate of drug-likeness (QED) is 0.675. The highest BCUT2D eigenvalue weighted by atomic mass is 16.5. The van der Waals surface area contributed by atoms with E-state index < -0.39 is 0 Å².